The van der Waals surface area contributed by atoms with Crippen LogP contribution in [0, 0.1) is 11.7 Å². The van der Waals surface area contributed by atoms with E-state index in [2.05, 4.69) is 20.0 Å². The van der Waals surface area contributed by atoms with Gasteiger partial charge in [-0.3, -0.25) is 4.79 Å². The van der Waals surface area contributed by atoms with Crippen molar-refractivity contribution in [1.29, 1.82) is 0 Å². The molecule has 1 atom stereocenters. The summed E-state index contributed by atoms with van der Waals surface area (Å²) in [6.07, 6.45) is -4.53. The highest BCUT2D eigenvalue weighted by molar-refractivity contribution is 5.81. The number of amides is 2. The summed E-state index contributed by atoms with van der Waals surface area (Å²) in [5, 5.41) is 6.02. The van der Waals surface area contributed by atoms with Crippen LogP contribution in [0.5, 0.6) is 5.75 Å². The molecule has 1 saturated carbocycles. The number of hydrogen-bond donors (Lipinski definition) is 1. The van der Waals surface area contributed by atoms with Crippen molar-refractivity contribution in [2.75, 3.05) is 6.61 Å². The molecule has 0 spiro atoms. The maximum atomic E-state index is 15.1. The summed E-state index contributed by atoms with van der Waals surface area (Å²) in [7, 11) is 0. The van der Waals surface area contributed by atoms with Gasteiger partial charge in [0.1, 0.15) is 23.8 Å². The monoisotopic (exact) mass is 514 g/mol. The maximum Gasteiger partial charge on any atom is 0.471 e. The number of rotatable bonds is 3. The molecule has 1 aromatic heterocycles. The summed E-state index contributed by atoms with van der Waals surface area (Å²) in [5.41, 5.74) is -0.585. The van der Waals surface area contributed by atoms with Gasteiger partial charge in [-0.25, -0.2) is 9.18 Å². The molecule has 2 amide bonds. The number of fused-ring (bicyclic) bond motifs is 1. The second-order valence-electron chi connectivity index (χ2n) is 9.99. The normalized spacial score (nSPS) is 22.1. The standard InChI is InChI=1S/C23H26F4N4O5/c1-11-10-34-17-8-12(18-29-20(36-30-18)23(25,26)27)7-16(24)15(17)9-31(11)19(32)13-5-14(6-13)28-21(33)35-22(2,3)4/h7-8,11,13-14H,5-6,9-10H2,1-4H3,(H,28,33)/t11-,13?,14?/m0/s1. The predicted molar refractivity (Wildman–Crippen MR) is 116 cm³/mol. The van der Waals surface area contributed by atoms with Gasteiger partial charge in [-0.1, -0.05) is 5.16 Å². The Morgan fingerprint density at radius 1 is 1.19 bits per heavy atom. The van der Waals surface area contributed by atoms with Gasteiger partial charge in [0, 0.05) is 23.1 Å². The van der Waals surface area contributed by atoms with Gasteiger partial charge in [-0.15, -0.1) is 0 Å². The number of alkyl halides is 3. The highest BCUT2D eigenvalue weighted by Crippen LogP contribution is 2.36. The molecular formula is C23H26F4N4O5. The van der Waals surface area contributed by atoms with Crippen LogP contribution in [-0.2, 0) is 22.3 Å². The third-order valence-electron chi connectivity index (χ3n) is 5.91. The van der Waals surface area contributed by atoms with Gasteiger partial charge in [-0.05, 0) is 52.7 Å². The van der Waals surface area contributed by atoms with Crippen molar-refractivity contribution < 1.29 is 41.1 Å². The molecule has 0 bridgehead atoms. The average molecular weight is 514 g/mol. The summed E-state index contributed by atoms with van der Waals surface area (Å²) in [6.45, 7) is 6.99. The quantitative estimate of drug-likeness (QED) is 0.609. The van der Waals surface area contributed by atoms with E-state index in [1.165, 1.54) is 11.0 Å². The number of benzene rings is 1. The third kappa shape index (κ3) is 5.54. The largest absolute Gasteiger partial charge is 0.491 e. The van der Waals surface area contributed by atoms with Crippen LogP contribution in [0.15, 0.2) is 16.7 Å². The van der Waals surface area contributed by atoms with Gasteiger partial charge < -0.3 is 24.2 Å². The van der Waals surface area contributed by atoms with Crippen molar-refractivity contribution in [2.45, 2.75) is 70.9 Å². The maximum absolute atomic E-state index is 15.1. The Kier molecular flexibility index (Phi) is 6.60. The van der Waals surface area contributed by atoms with Gasteiger partial charge in [0.25, 0.3) is 0 Å². The van der Waals surface area contributed by atoms with E-state index >= 15 is 4.39 Å². The van der Waals surface area contributed by atoms with Crippen molar-refractivity contribution >= 4 is 12.0 Å². The highest BCUT2D eigenvalue weighted by atomic mass is 19.4. The molecule has 4 rings (SSSR count). The van der Waals surface area contributed by atoms with E-state index in [9.17, 15) is 22.8 Å². The summed E-state index contributed by atoms with van der Waals surface area (Å²) >= 11 is 0. The van der Waals surface area contributed by atoms with E-state index in [1.54, 1.807) is 27.7 Å². The molecule has 1 aromatic carbocycles. The topological polar surface area (TPSA) is 107 Å². The van der Waals surface area contributed by atoms with E-state index < -0.39 is 41.4 Å². The number of carbonyl (C=O) groups excluding carboxylic acids is 2. The molecule has 0 saturated heterocycles. The third-order valence-corrected chi connectivity index (χ3v) is 5.91. The molecule has 9 nitrogen and oxygen atoms in total. The fourth-order valence-electron chi connectivity index (χ4n) is 4.05. The van der Waals surface area contributed by atoms with Crippen LogP contribution in [-0.4, -0.2) is 51.3 Å². The molecule has 2 heterocycles. The molecule has 36 heavy (non-hydrogen) atoms. The Hall–Kier alpha value is -3.38. The lowest BCUT2D eigenvalue weighted by Gasteiger charge is -2.39. The highest BCUT2D eigenvalue weighted by Gasteiger charge is 2.41. The van der Waals surface area contributed by atoms with Gasteiger partial charge in [-0.2, -0.15) is 18.2 Å². The molecule has 1 aliphatic carbocycles. The molecule has 2 aliphatic rings. The van der Waals surface area contributed by atoms with Crippen LogP contribution in [0.2, 0.25) is 0 Å². The Balaban J connectivity index is 1.45. The SMILES string of the molecule is C[C@H]1COc2cc(-c3noc(C(F)(F)F)n3)cc(F)c2CN1C(=O)C1CC(NC(=O)OC(C)(C)C)C1. The Morgan fingerprint density at radius 3 is 2.50 bits per heavy atom. The molecule has 13 heteroatoms. The first kappa shape index (κ1) is 25.7. The lowest BCUT2D eigenvalue weighted by Crippen LogP contribution is -2.52. The van der Waals surface area contributed by atoms with Gasteiger partial charge in [0.2, 0.25) is 11.7 Å². The van der Waals surface area contributed by atoms with Gasteiger partial charge in [0.15, 0.2) is 0 Å². The first-order valence-corrected chi connectivity index (χ1v) is 11.4. The van der Waals surface area contributed by atoms with Crippen molar-refractivity contribution in [3.05, 3.63) is 29.4 Å². The first-order valence-electron chi connectivity index (χ1n) is 11.4. The Morgan fingerprint density at radius 2 is 1.89 bits per heavy atom. The van der Waals surface area contributed by atoms with Crippen LogP contribution in [0.4, 0.5) is 22.4 Å². The smallest absolute Gasteiger partial charge is 0.471 e. The summed E-state index contributed by atoms with van der Waals surface area (Å²) in [5.74, 6) is -3.21. The fraction of sp³-hybridized carbons (Fsp3) is 0.565. The van der Waals surface area contributed by atoms with Crippen molar-refractivity contribution in [1.82, 2.24) is 20.4 Å². The minimum Gasteiger partial charge on any atom is -0.491 e. The van der Waals surface area contributed by atoms with Crippen LogP contribution in [0.25, 0.3) is 11.4 Å². The number of carbonyl (C=O) groups is 2. The first-order chi connectivity index (χ1) is 16.7. The van der Waals surface area contributed by atoms with Crippen molar-refractivity contribution in [3.63, 3.8) is 0 Å². The lowest BCUT2D eigenvalue weighted by molar-refractivity contribution is -0.159. The summed E-state index contributed by atoms with van der Waals surface area (Å²) in [6, 6.07) is 1.72. The Labute approximate surface area is 204 Å². The number of nitrogens with one attached hydrogen (secondary N) is 1. The van der Waals surface area contributed by atoms with Crippen LogP contribution < -0.4 is 10.1 Å². The van der Waals surface area contributed by atoms with Gasteiger partial charge >= 0.3 is 18.2 Å². The van der Waals surface area contributed by atoms with E-state index in [0.717, 1.165) is 6.07 Å². The second kappa shape index (κ2) is 9.25. The number of ether oxygens (including phenoxy) is 2. The van der Waals surface area contributed by atoms with Crippen LogP contribution in [0.1, 0.15) is 52.0 Å². The predicted octanol–water partition coefficient (Wildman–Crippen LogP) is 4.31. The summed E-state index contributed by atoms with van der Waals surface area (Å²) in [4.78, 5) is 29.9. The fourth-order valence-corrected chi connectivity index (χ4v) is 4.05. The van der Waals surface area contributed by atoms with Crippen LogP contribution >= 0.6 is 0 Å². The van der Waals surface area contributed by atoms with Gasteiger partial charge in [0.05, 0.1) is 12.6 Å². The molecule has 196 valence electrons. The number of alkyl carbamates (subject to hydrolysis) is 1. The lowest BCUT2D eigenvalue weighted by atomic mass is 9.79. The zero-order valence-corrected chi connectivity index (χ0v) is 20.1. The molecule has 0 radical (unpaired) electrons. The number of aromatic nitrogens is 2. The average Bonchev–Trinajstić information content (AvgIpc) is 3.16. The zero-order valence-electron chi connectivity index (χ0n) is 20.1. The van der Waals surface area contributed by atoms with Crippen LogP contribution in [0.3, 0.4) is 0 Å². The van der Waals surface area contributed by atoms with Crippen molar-refractivity contribution in [3.8, 4) is 17.1 Å². The van der Waals surface area contributed by atoms with E-state index in [-0.39, 0.29) is 47.9 Å². The van der Waals surface area contributed by atoms with E-state index in [0.29, 0.717) is 12.8 Å². The molecule has 1 aliphatic heterocycles. The minimum absolute atomic E-state index is 0.0482. The molecule has 1 N–H and O–H groups in total. The number of hydrogen-bond acceptors (Lipinski definition) is 7. The molecule has 2 aromatic rings. The molecule has 0 unspecified atom stereocenters. The molecular weight excluding hydrogens is 488 g/mol. The van der Waals surface area contributed by atoms with E-state index in [4.69, 9.17) is 9.47 Å². The van der Waals surface area contributed by atoms with E-state index in [1.807, 2.05) is 0 Å². The summed E-state index contributed by atoms with van der Waals surface area (Å²) < 4.78 is 68.5. The van der Waals surface area contributed by atoms with Crippen molar-refractivity contribution in [2.24, 2.45) is 5.92 Å². The number of halogens is 4. The minimum atomic E-state index is -4.83. The second-order valence-corrected chi connectivity index (χ2v) is 9.99. The number of nitrogens with zero attached hydrogens (tertiary/aromatic N) is 3. The molecule has 1 fully saturated rings. The zero-order chi connectivity index (χ0) is 26.4. The Bertz CT molecular complexity index is 1150.